The number of nitro benzene ring substituents is 1. The van der Waals surface area contributed by atoms with Gasteiger partial charge in [0, 0.05) is 11.6 Å². The number of benzene rings is 1. The van der Waals surface area contributed by atoms with Crippen LogP contribution in [-0.4, -0.2) is 17.9 Å². The molecule has 0 spiro atoms. The smallest absolute Gasteiger partial charge is 0.269 e. The molecule has 0 amide bonds. The van der Waals surface area contributed by atoms with Crippen molar-refractivity contribution in [2.24, 2.45) is 0 Å². The Hall–Kier alpha value is -1.67. The minimum atomic E-state index is -4.41. The van der Waals surface area contributed by atoms with Crippen molar-refractivity contribution in [1.82, 2.24) is 0 Å². The standard InChI is InChI=1S/C7H8N2O5S/c1-5-2-3-6(8-15(12,13)14)4-7(5)9(10)11/h2-4,8H,1H3,(H,12,13,14). The van der Waals surface area contributed by atoms with Gasteiger partial charge in [-0.05, 0) is 13.0 Å². The third-order valence-corrected chi connectivity index (χ3v) is 2.15. The van der Waals surface area contributed by atoms with Gasteiger partial charge in [0.15, 0.2) is 0 Å². The quantitative estimate of drug-likeness (QED) is 0.461. The van der Waals surface area contributed by atoms with Crippen LogP contribution in [0.5, 0.6) is 0 Å². The number of hydrogen-bond donors (Lipinski definition) is 2. The molecule has 1 rings (SSSR count). The van der Waals surface area contributed by atoms with E-state index in [1.807, 2.05) is 0 Å². The van der Waals surface area contributed by atoms with Crippen molar-refractivity contribution in [3.63, 3.8) is 0 Å². The average Bonchev–Trinajstić information content (AvgIpc) is 2.05. The summed E-state index contributed by atoms with van der Waals surface area (Å²) in [5, 5.41) is 10.5. The summed E-state index contributed by atoms with van der Waals surface area (Å²) in [6, 6.07) is 3.73. The van der Waals surface area contributed by atoms with Crippen LogP contribution < -0.4 is 4.72 Å². The fraction of sp³-hybridized carbons (Fsp3) is 0.143. The van der Waals surface area contributed by atoms with Crippen molar-refractivity contribution in [3.8, 4) is 0 Å². The van der Waals surface area contributed by atoms with E-state index in [1.54, 1.807) is 4.72 Å². The van der Waals surface area contributed by atoms with Crippen LogP contribution in [0.1, 0.15) is 5.56 Å². The topological polar surface area (TPSA) is 110 Å². The highest BCUT2D eigenvalue weighted by Gasteiger charge is 2.13. The van der Waals surface area contributed by atoms with Crippen LogP contribution >= 0.6 is 0 Å². The van der Waals surface area contributed by atoms with Crippen LogP contribution in [0.3, 0.4) is 0 Å². The van der Waals surface area contributed by atoms with E-state index in [-0.39, 0.29) is 11.4 Å². The van der Waals surface area contributed by atoms with Crippen molar-refractivity contribution in [1.29, 1.82) is 0 Å². The van der Waals surface area contributed by atoms with E-state index < -0.39 is 15.2 Å². The first-order valence-electron chi connectivity index (χ1n) is 3.80. The van der Waals surface area contributed by atoms with Crippen molar-refractivity contribution < 1.29 is 17.9 Å². The zero-order valence-corrected chi connectivity index (χ0v) is 8.48. The fourth-order valence-electron chi connectivity index (χ4n) is 1.02. The van der Waals surface area contributed by atoms with Crippen molar-refractivity contribution in [2.45, 2.75) is 6.92 Å². The molecule has 2 N–H and O–H groups in total. The summed E-state index contributed by atoms with van der Waals surface area (Å²) < 4.78 is 31.1. The predicted molar refractivity (Wildman–Crippen MR) is 53.0 cm³/mol. The average molecular weight is 232 g/mol. The Morgan fingerprint density at radius 1 is 1.47 bits per heavy atom. The zero-order valence-electron chi connectivity index (χ0n) is 7.67. The van der Waals surface area contributed by atoms with Crippen molar-refractivity contribution in [2.75, 3.05) is 4.72 Å². The van der Waals surface area contributed by atoms with Gasteiger partial charge >= 0.3 is 10.3 Å². The van der Waals surface area contributed by atoms with Crippen LogP contribution in [0.25, 0.3) is 0 Å². The Labute approximate surface area is 85.8 Å². The van der Waals surface area contributed by atoms with Crippen LogP contribution in [0.4, 0.5) is 11.4 Å². The molecule has 1 aromatic carbocycles. The Morgan fingerprint density at radius 2 is 2.07 bits per heavy atom. The van der Waals surface area contributed by atoms with E-state index in [2.05, 4.69) is 0 Å². The molecule has 0 unspecified atom stereocenters. The molecule has 0 aliphatic carbocycles. The monoisotopic (exact) mass is 232 g/mol. The summed E-state index contributed by atoms with van der Waals surface area (Å²) in [4.78, 5) is 9.87. The highest BCUT2D eigenvalue weighted by atomic mass is 32.2. The third kappa shape index (κ3) is 3.18. The molecule has 8 heteroatoms. The lowest BCUT2D eigenvalue weighted by Gasteiger charge is -2.03. The molecule has 0 bridgehead atoms. The minimum Gasteiger partial charge on any atom is -0.269 e. The number of nitro groups is 1. The Bertz CT molecular complexity index is 496. The van der Waals surface area contributed by atoms with E-state index in [0.717, 1.165) is 6.07 Å². The number of aryl methyl sites for hydroxylation is 1. The summed E-state index contributed by atoms with van der Waals surface area (Å²) in [6.45, 7) is 1.52. The normalized spacial score (nSPS) is 11.1. The van der Waals surface area contributed by atoms with E-state index >= 15 is 0 Å². The van der Waals surface area contributed by atoms with E-state index in [4.69, 9.17) is 4.55 Å². The first-order chi connectivity index (χ1) is 6.79. The number of hydrogen-bond acceptors (Lipinski definition) is 4. The molecule has 0 atom stereocenters. The van der Waals surface area contributed by atoms with Gasteiger partial charge in [-0.3, -0.25) is 19.4 Å². The predicted octanol–water partition coefficient (Wildman–Crippen LogP) is 1.12. The molecule has 0 aliphatic rings. The molecule has 0 aromatic heterocycles. The SMILES string of the molecule is Cc1ccc(NS(=O)(=O)O)cc1[N+](=O)[O-]. The summed E-state index contributed by atoms with van der Waals surface area (Å²) in [5.41, 5.74) is 0.124. The molecule has 1 aromatic rings. The molecule has 0 heterocycles. The van der Waals surface area contributed by atoms with Gasteiger partial charge in [-0.25, -0.2) is 0 Å². The molecule has 0 fully saturated rings. The third-order valence-electron chi connectivity index (χ3n) is 1.65. The van der Waals surface area contributed by atoms with Gasteiger partial charge in [0.2, 0.25) is 0 Å². The summed E-state index contributed by atoms with van der Waals surface area (Å²) >= 11 is 0. The first-order valence-corrected chi connectivity index (χ1v) is 5.24. The Balaban J connectivity index is 3.14. The highest BCUT2D eigenvalue weighted by Crippen LogP contribution is 2.22. The molecule has 82 valence electrons. The highest BCUT2D eigenvalue weighted by molar-refractivity contribution is 7.87. The van der Waals surface area contributed by atoms with Gasteiger partial charge in [0.1, 0.15) is 0 Å². The first kappa shape index (κ1) is 11.4. The van der Waals surface area contributed by atoms with E-state index in [9.17, 15) is 18.5 Å². The molecule has 0 aliphatic heterocycles. The molecule has 15 heavy (non-hydrogen) atoms. The summed E-state index contributed by atoms with van der Waals surface area (Å²) in [6.07, 6.45) is 0. The Kier molecular flexibility index (Phi) is 2.91. The van der Waals surface area contributed by atoms with Gasteiger partial charge < -0.3 is 0 Å². The van der Waals surface area contributed by atoms with Gasteiger partial charge in [-0.1, -0.05) is 6.07 Å². The lowest BCUT2D eigenvalue weighted by molar-refractivity contribution is -0.385. The summed E-state index contributed by atoms with van der Waals surface area (Å²) in [5.74, 6) is 0. The molecular formula is C7H8N2O5S. The zero-order chi connectivity index (χ0) is 11.6. The number of nitrogens with zero attached hydrogens (tertiary/aromatic N) is 1. The fourth-order valence-corrected chi connectivity index (χ4v) is 1.44. The number of nitrogens with one attached hydrogen (secondary N) is 1. The van der Waals surface area contributed by atoms with Crippen molar-refractivity contribution >= 4 is 21.7 Å². The number of anilines is 1. The van der Waals surface area contributed by atoms with E-state index in [1.165, 1.54) is 19.1 Å². The molecule has 0 saturated carbocycles. The lowest BCUT2D eigenvalue weighted by Crippen LogP contribution is -2.10. The second-order valence-corrected chi connectivity index (χ2v) is 3.99. The second kappa shape index (κ2) is 3.83. The van der Waals surface area contributed by atoms with E-state index in [0.29, 0.717) is 5.56 Å². The van der Waals surface area contributed by atoms with Crippen LogP contribution in [0.15, 0.2) is 18.2 Å². The largest absolute Gasteiger partial charge is 0.357 e. The van der Waals surface area contributed by atoms with Gasteiger partial charge in [-0.2, -0.15) is 8.42 Å². The maximum atomic E-state index is 10.5. The maximum absolute atomic E-state index is 10.5. The van der Waals surface area contributed by atoms with Gasteiger partial charge in [0.25, 0.3) is 5.69 Å². The molecular weight excluding hydrogens is 224 g/mol. The maximum Gasteiger partial charge on any atom is 0.357 e. The molecule has 0 saturated heterocycles. The Morgan fingerprint density at radius 3 is 2.53 bits per heavy atom. The van der Waals surface area contributed by atoms with Crippen LogP contribution in [0.2, 0.25) is 0 Å². The second-order valence-electron chi connectivity index (χ2n) is 2.84. The molecule has 0 radical (unpaired) electrons. The lowest BCUT2D eigenvalue weighted by atomic mass is 10.2. The minimum absolute atomic E-state index is 0.0604. The number of rotatable bonds is 3. The summed E-state index contributed by atoms with van der Waals surface area (Å²) in [7, 11) is -4.41. The van der Waals surface area contributed by atoms with Gasteiger partial charge in [0.05, 0.1) is 10.6 Å². The van der Waals surface area contributed by atoms with Crippen LogP contribution in [-0.2, 0) is 10.3 Å². The van der Waals surface area contributed by atoms with Crippen molar-refractivity contribution in [3.05, 3.63) is 33.9 Å². The van der Waals surface area contributed by atoms with Crippen LogP contribution in [0, 0.1) is 17.0 Å². The molecule has 7 nitrogen and oxygen atoms in total. The van der Waals surface area contributed by atoms with Gasteiger partial charge in [-0.15, -0.1) is 0 Å².